The molecular weight excluding hydrogens is 323 g/mol. The first kappa shape index (κ1) is 16.2. The quantitative estimate of drug-likeness (QED) is 0.933. The molecule has 24 heavy (non-hydrogen) atoms. The minimum atomic E-state index is -4.43. The van der Waals surface area contributed by atoms with Crippen molar-refractivity contribution in [2.24, 2.45) is 0 Å². The van der Waals surface area contributed by atoms with E-state index in [0.29, 0.717) is 5.92 Å². The molecule has 0 atom stereocenters. The van der Waals surface area contributed by atoms with E-state index in [1.165, 1.54) is 6.07 Å². The Morgan fingerprint density at radius 1 is 1.17 bits per heavy atom. The van der Waals surface area contributed by atoms with Crippen LogP contribution in [-0.4, -0.2) is 15.7 Å². The van der Waals surface area contributed by atoms with E-state index in [2.05, 4.69) is 10.4 Å². The van der Waals surface area contributed by atoms with E-state index in [1.807, 2.05) is 0 Å². The zero-order chi connectivity index (χ0) is 17.3. The highest BCUT2D eigenvalue weighted by molar-refractivity contribution is 5.90. The van der Waals surface area contributed by atoms with E-state index < -0.39 is 23.2 Å². The standard InChI is InChI=1S/C16H14F3N3O2/c17-16(18,19)11-3-5-12(6-4-11)20-14(23)9-22-15(24)8-7-13(21-22)10-1-2-10/h3-8,10H,1-2,9H2,(H,20,23). The lowest BCUT2D eigenvalue weighted by atomic mass is 10.2. The number of halogens is 3. The lowest BCUT2D eigenvalue weighted by Crippen LogP contribution is -2.29. The van der Waals surface area contributed by atoms with E-state index >= 15 is 0 Å². The van der Waals surface area contributed by atoms with Gasteiger partial charge in [0.05, 0.1) is 11.3 Å². The normalized spacial score (nSPS) is 14.5. The summed E-state index contributed by atoms with van der Waals surface area (Å²) in [6.07, 6.45) is -2.39. The molecule has 1 heterocycles. The molecule has 2 aromatic rings. The van der Waals surface area contributed by atoms with Crippen molar-refractivity contribution < 1.29 is 18.0 Å². The number of carbonyl (C=O) groups excluding carboxylic acids is 1. The van der Waals surface area contributed by atoms with Crippen LogP contribution in [0.15, 0.2) is 41.2 Å². The number of anilines is 1. The summed E-state index contributed by atoms with van der Waals surface area (Å²) in [5, 5.41) is 6.61. The molecule has 1 aliphatic carbocycles. The fourth-order valence-electron chi connectivity index (χ4n) is 2.25. The maximum Gasteiger partial charge on any atom is 0.416 e. The number of nitrogens with zero attached hydrogens (tertiary/aromatic N) is 2. The summed E-state index contributed by atoms with van der Waals surface area (Å²) in [5.74, 6) is -0.188. The predicted octanol–water partition coefficient (Wildman–Crippen LogP) is 2.78. The molecule has 1 aliphatic rings. The van der Waals surface area contributed by atoms with Crippen molar-refractivity contribution in [3.63, 3.8) is 0 Å². The van der Waals surface area contributed by atoms with E-state index in [9.17, 15) is 22.8 Å². The third-order valence-electron chi connectivity index (χ3n) is 3.67. The Morgan fingerprint density at radius 2 is 1.83 bits per heavy atom. The Bertz CT molecular complexity index is 809. The highest BCUT2D eigenvalue weighted by Gasteiger charge is 2.30. The lowest BCUT2D eigenvalue weighted by Gasteiger charge is -2.10. The number of benzene rings is 1. The van der Waals surface area contributed by atoms with Gasteiger partial charge in [0.1, 0.15) is 6.54 Å². The predicted molar refractivity (Wildman–Crippen MR) is 80.5 cm³/mol. The maximum absolute atomic E-state index is 12.5. The first-order chi connectivity index (χ1) is 11.3. The van der Waals surface area contributed by atoms with Gasteiger partial charge < -0.3 is 5.32 Å². The van der Waals surface area contributed by atoms with Crippen LogP contribution < -0.4 is 10.9 Å². The number of alkyl halides is 3. The molecule has 126 valence electrons. The molecule has 0 saturated heterocycles. The van der Waals surface area contributed by atoms with Crippen LogP contribution in [0.2, 0.25) is 0 Å². The summed E-state index contributed by atoms with van der Waals surface area (Å²) in [4.78, 5) is 23.7. The molecule has 0 radical (unpaired) electrons. The van der Waals surface area contributed by atoms with Gasteiger partial charge in [0, 0.05) is 17.7 Å². The Kier molecular flexibility index (Phi) is 4.13. The molecule has 0 unspecified atom stereocenters. The van der Waals surface area contributed by atoms with Crippen molar-refractivity contribution >= 4 is 11.6 Å². The summed E-state index contributed by atoms with van der Waals surface area (Å²) in [5.41, 5.74) is -0.200. The Hall–Kier alpha value is -2.64. The van der Waals surface area contributed by atoms with Gasteiger partial charge >= 0.3 is 6.18 Å². The van der Waals surface area contributed by atoms with Crippen LogP contribution in [0, 0.1) is 0 Å². The van der Waals surface area contributed by atoms with Crippen molar-refractivity contribution in [3.8, 4) is 0 Å². The summed E-state index contributed by atoms with van der Waals surface area (Å²) in [7, 11) is 0. The van der Waals surface area contributed by atoms with Gasteiger partial charge in [-0.2, -0.15) is 18.3 Å². The molecule has 1 saturated carbocycles. The van der Waals surface area contributed by atoms with Crippen LogP contribution in [0.1, 0.15) is 30.0 Å². The second-order valence-electron chi connectivity index (χ2n) is 5.65. The van der Waals surface area contributed by atoms with Crippen molar-refractivity contribution in [1.82, 2.24) is 9.78 Å². The van der Waals surface area contributed by atoms with Crippen molar-refractivity contribution in [2.75, 3.05) is 5.32 Å². The van der Waals surface area contributed by atoms with Gasteiger partial charge in [-0.05, 0) is 43.2 Å². The number of nitrogens with one attached hydrogen (secondary N) is 1. The molecule has 0 aliphatic heterocycles. The average molecular weight is 337 g/mol. The zero-order valence-electron chi connectivity index (χ0n) is 12.5. The minimum Gasteiger partial charge on any atom is -0.324 e. The van der Waals surface area contributed by atoms with Crippen molar-refractivity contribution in [1.29, 1.82) is 0 Å². The lowest BCUT2D eigenvalue weighted by molar-refractivity contribution is -0.137. The molecule has 5 nitrogen and oxygen atoms in total. The summed E-state index contributed by atoms with van der Waals surface area (Å²) < 4.78 is 38.5. The number of aromatic nitrogens is 2. The highest BCUT2D eigenvalue weighted by Crippen LogP contribution is 2.38. The number of carbonyl (C=O) groups is 1. The van der Waals surface area contributed by atoms with E-state index in [-0.39, 0.29) is 12.2 Å². The smallest absolute Gasteiger partial charge is 0.324 e. The van der Waals surface area contributed by atoms with Gasteiger partial charge in [-0.3, -0.25) is 9.59 Å². The van der Waals surface area contributed by atoms with Gasteiger partial charge in [-0.1, -0.05) is 0 Å². The third kappa shape index (κ3) is 3.81. The van der Waals surface area contributed by atoms with Gasteiger partial charge in [0.25, 0.3) is 5.56 Å². The van der Waals surface area contributed by atoms with Gasteiger partial charge in [-0.15, -0.1) is 0 Å². The number of hydrogen-bond donors (Lipinski definition) is 1. The number of hydrogen-bond acceptors (Lipinski definition) is 3. The first-order valence-corrected chi connectivity index (χ1v) is 7.38. The Balaban J connectivity index is 1.67. The number of rotatable bonds is 4. The molecule has 1 fully saturated rings. The van der Waals surface area contributed by atoms with Crippen LogP contribution >= 0.6 is 0 Å². The minimum absolute atomic E-state index is 0.222. The first-order valence-electron chi connectivity index (χ1n) is 7.38. The highest BCUT2D eigenvalue weighted by atomic mass is 19.4. The average Bonchev–Trinajstić information content (AvgIpc) is 3.34. The molecule has 0 spiro atoms. The van der Waals surface area contributed by atoms with E-state index in [4.69, 9.17) is 0 Å². The Morgan fingerprint density at radius 3 is 2.42 bits per heavy atom. The monoisotopic (exact) mass is 337 g/mol. The van der Waals surface area contributed by atoms with Crippen LogP contribution in [0.4, 0.5) is 18.9 Å². The number of amides is 1. The molecule has 3 rings (SSSR count). The van der Waals surface area contributed by atoms with E-state index in [1.54, 1.807) is 6.07 Å². The molecule has 1 aromatic heterocycles. The van der Waals surface area contributed by atoms with Crippen LogP contribution in [0.5, 0.6) is 0 Å². The summed E-state index contributed by atoms with van der Waals surface area (Å²) in [6, 6.07) is 7.12. The molecule has 1 aromatic carbocycles. The van der Waals surface area contributed by atoms with Crippen LogP contribution in [0.25, 0.3) is 0 Å². The third-order valence-corrected chi connectivity index (χ3v) is 3.67. The molecule has 0 bridgehead atoms. The summed E-state index contributed by atoms with van der Waals surface area (Å²) >= 11 is 0. The van der Waals surface area contributed by atoms with Crippen molar-refractivity contribution in [2.45, 2.75) is 31.5 Å². The largest absolute Gasteiger partial charge is 0.416 e. The SMILES string of the molecule is O=C(Cn1nc(C2CC2)ccc1=O)Nc1ccc(C(F)(F)F)cc1. The second kappa shape index (κ2) is 6.10. The van der Waals surface area contributed by atoms with Crippen LogP contribution in [0.3, 0.4) is 0 Å². The molecule has 1 N–H and O–H groups in total. The summed E-state index contributed by atoms with van der Waals surface area (Å²) in [6.45, 7) is -0.291. The fraction of sp³-hybridized carbons (Fsp3) is 0.312. The van der Waals surface area contributed by atoms with Crippen LogP contribution in [-0.2, 0) is 17.5 Å². The van der Waals surface area contributed by atoms with Gasteiger partial charge in [-0.25, -0.2) is 4.68 Å². The maximum atomic E-state index is 12.5. The fourth-order valence-corrected chi connectivity index (χ4v) is 2.25. The Labute approximate surface area is 135 Å². The molecule has 8 heteroatoms. The molecule has 1 amide bonds. The van der Waals surface area contributed by atoms with E-state index in [0.717, 1.165) is 47.5 Å². The zero-order valence-corrected chi connectivity index (χ0v) is 12.5. The topological polar surface area (TPSA) is 64.0 Å². The second-order valence-corrected chi connectivity index (χ2v) is 5.65. The van der Waals surface area contributed by atoms with Crippen molar-refractivity contribution in [3.05, 3.63) is 58.0 Å². The van der Waals surface area contributed by atoms with Gasteiger partial charge in [0.2, 0.25) is 5.91 Å². The van der Waals surface area contributed by atoms with Gasteiger partial charge in [0.15, 0.2) is 0 Å². The molecular formula is C16H14F3N3O2.